The summed E-state index contributed by atoms with van der Waals surface area (Å²) in [6.45, 7) is -0.275. The molecule has 0 amide bonds. The molecule has 3 aromatic rings. The standard InChI is InChI=1S/C21H19NO5/c1-26-17-9-7-15(8-10-17)19(13-22(24)25)21(16-5-3-2-4-6-16)20-12-11-18(14-23)27-20/h2-12,14,19,21H,13H2,1H3/t19-,21+/m0/s1. The van der Waals surface area contributed by atoms with Crippen molar-refractivity contribution in [3.05, 3.63) is 99.5 Å². The van der Waals surface area contributed by atoms with Crippen LogP contribution in [0.1, 0.15) is 39.3 Å². The minimum Gasteiger partial charge on any atom is -0.497 e. The van der Waals surface area contributed by atoms with E-state index in [9.17, 15) is 14.9 Å². The number of hydrogen-bond acceptors (Lipinski definition) is 5. The molecule has 0 aliphatic carbocycles. The van der Waals surface area contributed by atoms with E-state index in [1.54, 1.807) is 31.4 Å². The molecule has 0 aliphatic heterocycles. The Bertz CT molecular complexity index is 902. The van der Waals surface area contributed by atoms with E-state index >= 15 is 0 Å². The second kappa shape index (κ2) is 8.31. The van der Waals surface area contributed by atoms with Crippen LogP contribution in [-0.2, 0) is 0 Å². The van der Waals surface area contributed by atoms with Gasteiger partial charge in [-0.05, 0) is 35.4 Å². The van der Waals surface area contributed by atoms with E-state index < -0.39 is 11.8 Å². The molecule has 3 rings (SSSR count). The minimum atomic E-state index is -0.473. The number of nitrogens with zero attached hydrogens (tertiary/aromatic N) is 1. The van der Waals surface area contributed by atoms with Gasteiger partial charge in [0.2, 0.25) is 6.54 Å². The fraction of sp³-hybridized carbons (Fsp3) is 0.190. The number of carbonyl (C=O) groups is 1. The second-order valence-electron chi connectivity index (χ2n) is 6.14. The molecule has 1 heterocycles. The summed E-state index contributed by atoms with van der Waals surface area (Å²) in [6.07, 6.45) is 0.626. The van der Waals surface area contributed by atoms with E-state index in [1.165, 1.54) is 0 Å². The summed E-state index contributed by atoms with van der Waals surface area (Å²) >= 11 is 0. The van der Waals surface area contributed by atoms with Gasteiger partial charge in [0.15, 0.2) is 12.0 Å². The van der Waals surface area contributed by atoms with Crippen LogP contribution in [0.25, 0.3) is 0 Å². The number of ether oxygens (including phenoxy) is 1. The van der Waals surface area contributed by atoms with Crippen LogP contribution < -0.4 is 4.74 Å². The lowest BCUT2D eigenvalue weighted by molar-refractivity contribution is -0.483. The lowest BCUT2D eigenvalue weighted by atomic mass is 9.80. The lowest BCUT2D eigenvalue weighted by Crippen LogP contribution is -2.21. The minimum absolute atomic E-state index is 0.195. The molecule has 1 aromatic heterocycles. The maximum absolute atomic E-state index is 11.4. The highest BCUT2D eigenvalue weighted by Gasteiger charge is 2.33. The van der Waals surface area contributed by atoms with Crippen molar-refractivity contribution in [3.8, 4) is 5.75 Å². The molecule has 0 bridgehead atoms. The highest BCUT2D eigenvalue weighted by molar-refractivity contribution is 5.70. The average molecular weight is 365 g/mol. The van der Waals surface area contributed by atoms with Crippen molar-refractivity contribution in [2.75, 3.05) is 13.7 Å². The smallest absolute Gasteiger partial charge is 0.211 e. The lowest BCUT2D eigenvalue weighted by Gasteiger charge is -2.24. The second-order valence-corrected chi connectivity index (χ2v) is 6.14. The van der Waals surface area contributed by atoms with Gasteiger partial charge in [0.25, 0.3) is 0 Å². The Morgan fingerprint density at radius 3 is 2.30 bits per heavy atom. The third kappa shape index (κ3) is 4.23. The number of methoxy groups -OCH3 is 1. The maximum Gasteiger partial charge on any atom is 0.211 e. The number of nitro groups is 1. The van der Waals surface area contributed by atoms with Gasteiger partial charge in [0.1, 0.15) is 11.5 Å². The Hall–Kier alpha value is -3.41. The number of aldehydes is 1. The zero-order valence-corrected chi connectivity index (χ0v) is 14.8. The molecule has 0 fully saturated rings. The van der Waals surface area contributed by atoms with Gasteiger partial charge in [-0.25, -0.2) is 0 Å². The Balaban J connectivity index is 2.11. The van der Waals surface area contributed by atoms with E-state index in [2.05, 4.69) is 0 Å². The van der Waals surface area contributed by atoms with E-state index in [0.29, 0.717) is 17.8 Å². The number of benzene rings is 2. The SMILES string of the molecule is COc1ccc([C@H](C[N+](=O)[O-])[C@@H](c2ccccc2)c2ccc(C=O)o2)cc1. The van der Waals surface area contributed by atoms with Gasteiger partial charge in [-0.15, -0.1) is 0 Å². The van der Waals surface area contributed by atoms with Gasteiger partial charge >= 0.3 is 0 Å². The number of hydrogen-bond donors (Lipinski definition) is 0. The fourth-order valence-electron chi connectivity index (χ4n) is 3.27. The quantitative estimate of drug-likeness (QED) is 0.338. The first kappa shape index (κ1) is 18.4. The summed E-state index contributed by atoms with van der Waals surface area (Å²) < 4.78 is 10.8. The highest BCUT2D eigenvalue weighted by Crippen LogP contribution is 2.39. The van der Waals surface area contributed by atoms with Crippen LogP contribution in [0.15, 0.2) is 71.1 Å². The van der Waals surface area contributed by atoms with Crippen LogP contribution in [0.2, 0.25) is 0 Å². The van der Waals surface area contributed by atoms with Crippen molar-refractivity contribution in [3.63, 3.8) is 0 Å². The average Bonchev–Trinajstić information content (AvgIpc) is 3.17. The van der Waals surface area contributed by atoms with Crippen molar-refractivity contribution < 1.29 is 18.9 Å². The van der Waals surface area contributed by atoms with Crippen molar-refractivity contribution in [1.29, 1.82) is 0 Å². The zero-order chi connectivity index (χ0) is 19.2. The van der Waals surface area contributed by atoms with Crippen LogP contribution in [-0.4, -0.2) is 24.9 Å². The number of furan rings is 1. The largest absolute Gasteiger partial charge is 0.497 e. The first-order chi connectivity index (χ1) is 13.1. The van der Waals surface area contributed by atoms with Crippen LogP contribution >= 0.6 is 0 Å². The molecule has 27 heavy (non-hydrogen) atoms. The van der Waals surface area contributed by atoms with E-state index in [-0.39, 0.29) is 17.2 Å². The van der Waals surface area contributed by atoms with E-state index in [0.717, 1.165) is 11.1 Å². The topological polar surface area (TPSA) is 82.6 Å². The molecule has 138 valence electrons. The molecule has 0 aliphatic rings. The van der Waals surface area contributed by atoms with Gasteiger partial charge in [-0.2, -0.15) is 0 Å². The first-order valence-corrected chi connectivity index (χ1v) is 8.48. The van der Waals surface area contributed by atoms with Crippen molar-refractivity contribution in [2.24, 2.45) is 0 Å². The highest BCUT2D eigenvalue weighted by atomic mass is 16.6. The molecule has 2 atom stereocenters. The number of rotatable bonds is 8. The molecule has 6 nitrogen and oxygen atoms in total. The Morgan fingerprint density at radius 1 is 1.04 bits per heavy atom. The van der Waals surface area contributed by atoms with Crippen LogP contribution in [0, 0.1) is 10.1 Å². The van der Waals surface area contributed by atoms with E-state index in [4.69, 9.17) is 9.15 Å². The molecular formula is C21H19NO5. The van der Waals surface area contributed by atoms with Crippen molar-refractivity contribution >= 4 is 6.29 Å². The fourth-order valence-corrected chi connectivity index (χ4v) is 3.27. The maximum atomic E-state index is 11.4. The zero-order valence-electron chi connectivity index (χ0n) is 14.8. The predicted octanol–water partition coefficient (Wildman–Crippen LogP) is 4.29. The third-order valence-corrected chi connectivity index (χ3v) is 4.52. The van der Waals surface area contributed by atoms with Gasteiger partial charge in [-0.3, -0.25) is 14.9 Å². The monoisotopic (exact) mass is 365 g/mol. The van der Waals surface area contributed by atoms with Crippen molar-refractivity contribution in [2.45, 2.75) is 11.8 Å². The normalized spacial score (nSPS) is 12.9. The Kier molecular flexibility index (Phi) is 5.66. The molecule has 0 N–H and O–H groups in total. The molecule has 0 unspecified atom stereocenters. The van der Waals surface area contributed by atoms with Gasteiger partial charge in [0.05, 0.1) is 18.9 Å². The summed E-state index contributed by atoms with van der Waals surface area (Å²) in [7, 11) is 1.57. The first-order valence-electron chi connectivity index (χ1n) is 8.48. The van der Waals surface area contributed by atoms with Crippen molar-refractivity contribution in [1.82, 2.24) is 0 Å². The Labute approximate surface area is 156 Å². The van der Waals surface area contributed by atoms with Gasteiger partial charge < -0.3 is 9.15 Å². The summed E-state index contributed by atoms with van der Waals surface area (Å²) in [5.74, 6) is 0.514. The van der Waals surface area contributed by atoms with Crippen LogP contribution in [0.3, 0.4) is 0 Å². The molecule has 6 heteroatoms. The molecular weight excluding hydrogens is 346 g/mol. The van der Waals surface area contributed by atoms with Crippen LogP contribution in [0.4, 0.5) is 0 Å². The van der Waals surface area contributed by atoms with Gasteiger partial charge in [-0.1, -0.05) is 42.5 Å². The Morgan fingerprint density at radius 2 is 1.74 bits per heavy atom. The summed E-state index contributed by atoms with van der Waals surface area (Å²) in [4.78, 5) is 22.2. The summed E-state index contributed by atoms with van der Waals surface area (Å²) in [5, 5.41) is 11.4. The summed E-state index contributed by atoms with van der Waals surface area (Å²) in [5.41, 5.74) is 1.68. The molecule has 0 saturated heterocycles. The van der Waals surface area contributed by atoms with E-state index in [1.807, 2.05) is 42.5 Å². The molecule has 0 radical (unpaired) electrons. The predicted molar refractivity (Wildman–Crippen MR) is 100.0 cm³/mol. The molecule has 2 aromatic carbocycles. The number of carbonyl (C=O) groups excluding carboxylic acids is 1. The summed E-state index contributed by atoms with van der Waals surface area (Å²) in [6, 6.07) is 20.0. The van der Waals surface area contributed by atoms with Gasteiger partial charge in [0, 0.05) is 4.92 Å². The molecule has 0 saturated carbocycles. The van der Waals surface area contributed by atoms with Crippen LogP contribution in [0.5, 0.6) is 5.75 Å². The molecule has 0 spiro atoms. The third-order valence-electron chi connectivity index (χ3n) is 4.52.